The zero-order valence-electron chi connectivity index (χ0n) is 11.9. The van der Waals surface area contributed by atoms with E-state index in [2.05, 4.69) is 5.32 Å². The Bertz CT molecular complexity index is 616. The Hall–Kier alpha value is -2.27. The molecule has 2 rings (SSSR count). The van der Waals surface area contributed by atoms with Crippen LogP contribution in [0.5, 0.6) is 0 Å². The molecule has 0 aromatic heterocycles. The number of hydrogen-bond donors (Lipinski definition) is 2. The van der Waals surface area contributed by atoms with Crippen LogP contribution in [-0.2, 0) is 4.79 Å². The molecule has 0 aliphatic carbocycles. The van der Waals surface area contributed by atoms with E-state index >= 15 is 0 Å². The van der Waals surface area contributed by atoms with Gasteiger partial charge in [0, 0.05) is 16.2 Å². The Balaban J connectivity index is 1.87. The van der Waals surface area contributed by atoms with E-state index in [1.54, 1.807) is 36.0 Å². The Morgan fingerprint density at radius 1 is 1.00 bits per heavy atom. The number of rotatable bonds is 7. The molecule has 114 valence electrons. The maximum Gasteiger partial charge on any atom is 0.326 e. The average Bonchev–Trinajstić information content (AvgIpc) is 2.55. The second-order valence-electron chi connectivity index (χ2n) is 4.68. The van der Waals surface area contributed by atoms with Crippen LogP contribution in [0, 0.1) is 0 Å². The van der Waals surface area contributed by atoms with Gasteiger partial charge in [-0.25, -0.2) is 4.79 Å². The molecule has 22 heavy (non-hydrogen) atoms. The summed E-state index contributed by atoms with van der Waals surface area (Å²) in [6.07, 6.45) is 0.369. The number of amides is 1. The van der Waals surface area contributed by atoms with E-state index in [1.165, 1.54) is 0 Å². The number of aliphatic carboxylic acids is 1. The average molecular weight is 315 g/mol. The van der Waals surface area contributed by atoms with Crippen molar-refractivity contribution in [3.05, 3.63) is 66.2 Å². The molecule has 0 aliphatic heterocycles. The first-order chi connectivity index (χ1) is 10.7. The van der Waals surface area contributed by atoms with Crippen LogP contribution in [0.15, 0.2) is 65.6 Å². The Morgan fingerprint density at radius 3 is 2.18 bits per heavy atom. The molecule has 0 spiro atoms. The maximum absolute atomic E-state index is 12.0. The van der Waals surface area contributed by atoms with Crippen LogP contribution in [0.2, 0.25) is 0 Å². The van der Waals surface area contributed by atoms with Crippen LogP contribution < -0.4 is 5.32 Å². The van der Waals surface area contributed by atoms with Gasteiger partial charge in [-0.05, 0) is 30.7 Å². The molecule has 0 bridgehead atoms. The van der Waals surface area contributed by atoms with Crippen molar-refractivity contribution in [3.63, 3.8) is 0 Å². The quantitative estimate of drug-likeness (QED) is 0.771. The topological polar surface area (TPSA) is 66.4 Å². The molecule has 0 radical (unpaired) electrons. The van der Waals surface area contributed by atoms with Crippen molar-refractivity contribution in [1.29, 1.82) is 0 Å². The molecule has 1 atom stereocenters. The van der Waals surface area contributed by atoms with Gasteiger partial charge in [0.2, 0.25) is 0 Å². The number of carbonyl (C=O) groups excluding carboxylic acids is 1. The molecule has 0 heterocycles. The maximum atomic E-state index is 12.0. The van der Waals surface area contributed by atoms with Crippen LogP contribution in [0.25, 0.3) is 0 Å². The second-order valence-corrected chi connectivity index (χ2v) is 5.85. The smallest absolute Gasteiger partial charge is 0.326 e. The van der Waals surface area contributed by atoms with Gasteiger partial charge in [0.1, 0.15) is 6.04 Å². The lowest BCUT2D eigenvalue weighted by Crippen LogP contribution is -2.41. The molecule has 0 aliphatic rings. The van der Waals surface area contributed by atoms with E-state index in [0.717, 1.165) is 4.90 Å². The van der Waals surface area contributed by atoms with Crippen LogP contribution in [0.3, 0.4) is 0 Å². The van der Waals surface area contributed by atoms with E-state index in [1.807, 2.05) is 36.4 Å². The van der Waals surface area contributed by atoms with Gasteiger partial charge in [-0.1, -0.05) is 36.4 Å². The van der Waals surface area contributed by atoms with Crippen molar-refractivity contribution in [2.45, 2.75) is 17.4 Å². The molecular weight excluding hydrogens is 298 g/mol. The summed E-state index contributed by atoms with van der Waals surface area (Å²) in [5.74, 6) is -0.758. The van der Waals surface area contributed by atoms with Crippen LogP contribution in [0.4, 0.5) is 0 Å². The molecule has 0 saturated carbocycles. The van der Waals surface area contributed by atoms with Crippen molar-refractivity contribution >= 4 is 23.6 Å². The number of nitrogens with one attached hydrogen (secondary N) is 1. The van der Waals surface area contributed by atoms with Gasteiger partial charge in [-0.2, -0.15) is 0 Å². The summed E-state index contributed by atoms with van der Waals surface area (Å²) in [6, 6.07) is 17.5. The van der Waals surface area contributed by atoms with E-state index in [9.17, 15) is 14.7 Å². The summed E-state index contributed by atoms with van der Waals surface area (Å²) in [4.78, 5) is 24.4. The highest BCUT2D eigenvalue weighted by molar-refractivity contribution is 7.99. The molecule has 0 saturated heterocycles. The number of carboxylic acids is 1. The number of carbonyl (C=O) groups is 2. The molecule has 1 amide bonds. The monoisotopic (exact) mass is 315 g/mol. The van der Waals surface area contributed by atoms with Crippen molar-refractivity contribution in [3.8, 4) is 0 Å². The fourth-order valence-electron chi connectivity index (χ4n) is 1.90. The van der Waals surface area contributed by atoms with Gasteiger partial charge < -0.3 is 10.4 Å². The molecule has 0 fully saturated rings. The van der Waals surface area contributed by atoms with Crippen LogP contribution in [0.1, 0.15) is 16.8 Å². The van der Waals surface area contributed by atoms with E-state index in [4.69, 9.17) is 0 Å². The minimum atomic E-state index is -1.02. The van der Waals surface area contributed by atoms with Crippen LogP contribution in [-0.4, -0.2) is 28.8 Å². The van der Waals surface area contributed by atoms with E-state index in [-0.39, 0.29) is 5.91 Å². The molecule has 0 unspecified atom stereocenters. The minimum Gasteiger partial charge on any atom is -0.480 e. The summed E-state index contributed by atoms with van der Waals surface area (Å²) in [5, 5.41) is 11.8. The third-order valence-electron chi connectivity index (χ3n) is 3.06. The predicted molar refractivity (Wildman–Crippen MR) is 87.1 cm³/mol. The summed E-state index contributed by atoms with van der Waals surface area (Å²) in [7, 11) is 0. The first-order valence-electron chi connectivity index (χ1n) is 6.93. The van der Waals surface area contributed by atoms with E-state index in [0.29, 0.717) is 17.7 Å². The second kappa shape index (κ2) is 8.24. The van der Waals surface area contributed by atoms with Crippen LogP contribution >= 0.6 is 11.8 Å². The minimum absolute atomic E-state index is 0.363. The lowest BCUT2D eigenvalue weighted by molar-refractivity contribution is -0.139. The summed E-state index contributed by atoms with van der Waals surface area (Å²) >= 11 is 1.57. The van der Waals surface area contributed by atoms with Gasteiger partial charge in [0.25, 0.3) is 5.91 Å². The fourth-order valence-corrected chi connectivity index (χ4v) is 2.84. The van der Waals surface area contributed by atoms with Gasteiger partial charge in [-0.3, -0.25) is 4.79 Å². The van der Waals surface area contributed by atoms with Gasteiger partial charge in [0.15, 0.2) is 0 Å². The number of hydrogen-bond acceptors (Lipinski definition) is 3. The van der Waals surface area contributed by atoms with Crippen molar-refractivity contribution < 1.29 is 14.7 Å². The Kier molecular flexibility index (Phi) is 6.03. The number of carboxylic acid groups (broad SMARTS) is 1. The first-order valence-corrected chi connectivity index (χ1v) is 7.92. The standard InChI is InChI=1S/C17H17NO3S/c19-16(13-7-3-1-4-8-13)18-15(17(20)21)11-12-22-14-9-5-2-6-10-14/h1-10,15H,11-12H2,(H,18,19)(H,20,21)/t15-/m1/s1. The zero-order chi connectivity index (χ0) is 15.8. The largest absolute Gasteiger partial charge is 0.480 e. The van der Waals surface area contributed by atoms with Gasteiger partial charge in [-0.15, -0.1) is 11.8 Å². The van der Waals surface area contributed by atoms with E-state index < -0.39 is 12.0 Å². The Labute approximate surface area is 133 Å². The van der Waals surface area contributed by atoms with Crippen molar-refractivity contribution in [2.24, 2.45) is 0 Å². The normalized spacial score (nSPS) is 11.6. The lowest BCUT2D eigenvalue weighted by atomic mass is 10.1. The summed E-state index contributed by atoms with van der Waals surface area (Å²) in [6.45, 7) is 0. The number of thioether (sulfide) groups is 1. The summed E-state index contributed by atoms with van der Waals surface area (Å²) < 4.78 is 0. The molecule has 5 heteroatoms. The summed E-state index contributed by atoms with van der Waals surface area (Å²) in [5.41, 5.74) is 0.462. The fraction of sp³-hybridized carbons (Fsp3) is 0.176. The zero-order valence-corrected chi connectivity index (χ0v) is 12.8. The highest BCUT2D eigenvalue weighted by Crippen LogP contribution is 2.18. The lowest BCUT2D eigenvalue weighted by Gasteiger charge is -2.14. The van der Waals surface area contributed by atoms with Gasteiger partial charge >= 0.3 is 5.97 Å². The highest BCUT2D eigenvalue weighted by atomic mass is 32.2. The number of benzene rings is 2. The predicted octanol–water partition coefficient (Wildman–Crippen LogP) is 3.05. The molecular formula is C17H17NO3S. The molecule has 2 N–H and O–H groups in total. The molecule has 4 nitrogen and oxygen atoms in total. The first kappa shape index (κ1) is 16.1. The third kappa shape index (κ3) is 4.93. The Morgan fingerprint density at radius 2 is 1.59 bits per heavy atom. The van der Waals surface area contributed by atoms with Crippen molar-refractivity contribution in [2.75, 3.05) is 5.75 Å². The molecule has 2 aromatic carbocycles. The van der Waals surface area contributed by atoms with Gasteiger partial charge in [0.05, 0.1) is 0 Å². The van der Waals surface area contributed by atoms with Crippen molar-refractivity contribution in [1.82, 2.24) is 5.32 Å². The highest BCUT2D eigenvalue weighted by Gasteiger charge is 2.20. The molecule has 2 aromatic rings. The SMILES string of the molecule is O=C(N[C@H](CCSc1ccccc1)C(=O)O)c1ccccc1. The third-order valence-corrected chi connectivity index (χ3v) is 4.10.